The van der Waals surface area contributed by atoms with Gasteiger partial charge in [-0.25, -0.2) is 0 Å². The quantitative estimate of drug-likeness (QED) is 0.889. The number of para-hydroxylation sites is 1. The van der Waals surface area contributed by atoms with Crippen LogP contribution >= 0.6 is 0 Å². The second-order valence-corrected chi connectivity index (χ2v) is 8.21. The Hall–Kier alpha value is -2.18. The number of hydrogen-bond acceptors (Lipinski definition) is 4. The number of rotatable bonds is 4. The van der Waals surface area contributed by atoms with E-state index in [1.165, 1.54) is 6.42 Å². The molecule has 0 saturated carbocycles. The monoisotopic (exact) mass is 368 g/mol. The molecule has 6 nitrogen and oxygen atoms in total. The van der Waals surface area contributed by atoms with Crippen molar-refractivity contribution in [2.75, 3.05) is 40.3 Å². The van der Waals surface area contributed by atoms with Gasteiger partial charge in [0, 0.05) is 69.0 Å². The first kappa shape index (κ1) is 18.2. The summed E-state index contributed by atoms with van der Waals surface area (Å²) in [6.07, 6.45) is 2.39. The van der Waals surface area contributed by atoms with Gasteiger partial charge in [-0.05, 0) is 30.9 Å². The number of hydrogen-bond donors (Lipinski definition) is 1. The Morgan fingerprint density at radius 1 is 1.19 bits per heavy atom. The zero-order chi connectivity index (χ0) is 19.0. The lowest BCUT2D eigenvalue weighted by Gasteiger charge is -2.36. The molecule has 4 heterocycles. The third-order valence-electron chi connectivity index (χ3n) is 5.93. The molecule has 6 heteroatoms. The molecule has 1 aromatic heterocycles. The number of piperidine rings is 1. The number of benzene rings is 1. The molecule has 3 fully saturated rings. The van der Waals surface area contributed by atoms with Gasteiger partial charge in [0.15, 0.2) is 5.43 Å². The summed E-state index contributed by atoms with van der Waals surface area (Å²) in [4.78, 5) is 34.5. The summed E-state index contributed by atoms with van der Waals surface area (Å²) in [5.41, 5.74) is 1.96. The van der Waals surface area contributed by atoms with E-state index in [4.69, 9.17) is 0 Å². The predicted octanol–water partition coefficient (Wildman–Crippen LogP) is 1.51. The molecule has 1 N–H and O–H groups in total. The minimum absolute atomic E-state index is 0.0811. The molecule has 0 radical (unpaired) electrons. The summed E-state index contributed by atoms with van der Waals surface area (Å²) in [7, 11) is 3.63. The Morgan fingerprint density at radius 3 is 2.81 bits per heavy atom. The van der Waals surface area contributed by atoms with E-state index >= 15 is 0 Å². The van der Waals surface area contributed by atoms with Crippen LogP contribution in [0.2, 0.25) is 0 Å². The van der Waals surface area contributed by atoms with Gasteiger partial charge in [-0.1, -0.05) is 12.1 Å². The molecular weight excluding hydrogens is 340 g/mol. The van der Waals surface area contributed by atoms with Crippen molar-refractivity contribution in [3.8, 4) is 0 Å². The number of carbonyl (C=O) groups excluding carboxylic acids is 1. The van der Waals surface area contributed by atoms with Gasteiger partial charge in [0.1, 0.15) is 0 Å². The van der Waals surface area contributed by atoms with Gasteiger partial charge in [0.2, 0.25) is 5.91 Å². The maximum absolute atomic E-state index is 12.4. The fourth-order valence-electron chi connectivity index (χ4n) is 4.49. The minimum Gasteiger partial charge on any atom is -0.357 e. The average molecular weight is 368 g/mol. The second-order valence-electron chi connectivity index (χ2n) is 8.21. The fraction of sp³-hybridized carbons (Fsp3) is 0.524. The molecule has 2 bridgehead atoms. The molecule has 3 aliphatic heterocycles. The van der Waals surface area contributed by atoms with Gasteiger partial charge in [-0.15, -0.1) is 0 Å². The average Bonchev–Trinajstić information content (AvgIpc) is 2.92. The number of likely N-dealkylation sites (N-methyl/N-ethyl adjacent to an activating group) is 1. The van der Waals surface area contributed by atoms with Crippen LogP contribution in [0.5, 0.6) is 0 Å². The molecule has 1 amide bonds. The van der Waals surface area contributed by atoms with E-state index in [1.807, 2.05) is 38.4 Å². The molecule has 27 heavy (non-hydrogen) atoms. The van der Waals surface area contributed by atoms with Gasteiger partial charge >= 0.3 is 0 Å². The molecule has 144 valence electrons. The normalized spacial score (nSPS) is 23.5. The van der Waals surface area contributed by atoms with E-state index in [0.29, 0.717) is 18.5 Å². The predicted molar refractivity (Wildman–Crippen MR) is 107 cm³/mol. The molecule has 5 rings (SSSR count). The minimum atomic E-state index is 0.0811. The molecule has 0 unspecified atom stereocenters. The summed E-state index contributed by atoms with van der Waals surface area (Å²) in [5, 5.41) is 0.743. The summed E-state index contributed by atoms with van der Waals surface area (Å²) >= 11 is 0. The van der Waals surface area contributed by atoms with Gasteiger partial charge in [-0.3, -0.25) is 19.4 Å². The summed E-state index contributed by atoms with van der Waals surface area (Å²) < 4.78 is 0. The van der Waals surface area contributed by atoms with Crippen LogP contribution in [0.3, 0.4) is 0 Å². The van der Waals surface area contributed by atoms with Crippen LogP contribution in [0.15, 0.2) is 35.1 Å². The van der Waals surface area contributed by atoms with Crippen LogP contribution < -0.4 is 5.43 Å². The first-order chi connectivity index (χ1) is 13.0. The lowest BCUT2D eigenvalue weighted by Crippen LogP contribution is -2.44. The van der Waals surface area contributed by atoms with Crippen molar-refractivity contribution in [1.29, 1.82) is 0 Å². The molecule has 3 aliphatic rings. The maximum Gasteiger partial charge on any atom is 0.236 e. The zero-order valence-electron chi connectivity index (χ0n) is 16.1. The summed E-state index contributed by atoms with van der Waals surface area (Å²) in [6, 6.07) is 9.86. The number of aromatic amines is 1. The Labute approximate surface area is 159 Å². The molecule has 2 aromatic rings. The van der Waals surface area contributed by atoms with Crippen LogP contribution in [0.4, 0.5) is 0 Å². The van der Waals surface area contributed by atoms with Crippen LogP contribution in [0, 0.1) is 5.92 Å². The van der Waals surface area contributed by atoms with E-state index in [1.54, 1.807) is 11.0 Å². The highest BCUT2D eigenvalue weighted by Gasteiger charge is 2.35. The van der Waals surface area contributed by atoms with Gasteiger partial charge in [0.05, 0.1) is 6.54 Å². The summed E-state index contributed by atoms with van der Waals surface area (Å²) in [6.45, 7) is 4.21. The summed E-state index contributed by atoms with van der Waals surface area (Å²) in [5.74, 6) is 0.757. The third kappa shape index (κ3) is 3.92. The fourth-order valence-corrected chi connectivity index (χ4v) is 4.49. The lowest BCUT2D eigenvalue weighted by molar-refractivity contribution is -0.130. The van der Waals surface area contributed by atoms with Crippen LogP contribution in [0.1, 0.15) is 18.5 Å². The Kier molecular flexibility index (Phi) is 5.02. The van der Waals surface area contributed by atoms with Gasteiger partial charge in [0.25, 0.3) is 0 Å². The number of fused-ring (bicyclic) bond motifs is 5. The maximum atomic E-state index is 12.4. The number of nitrogens with one attached hydrogen (secondary N) is 1. The molecule has 3 saturated heterocycles. The highest BCUT2D eigenvalue weighted by molar-refractivity contribution is 5.78. The largest absolute Gasteiger partial charge is 0.357 e. The van der Waals surface area contributed by atoms with Crippen molar-refractivity contribution >= 4 is 16.8 Å². The zero-order valence-corrected chi connectivity index (χ0v) is 16.1. The number of carbonyl (C=O) groups is 1. The number of pyridine rings is 1. The third-order valence-corrected chi connectivity index (χ3v) is 5.93. The molecule has 1 aromatic carbocycles. The second kappa shape index (κ2) is 7.44. The van der Waals surface area contributed by atoms with E-state index in [9.17, 15) is 9.59 Å². The van der Waals surface area contributed by atoms with E-state index in [-0.39, 0.29) is 11.3 Å². The highest BCUT2D eigenvalue weighted by Crippen LogP contribution is 2.29. The highest BCUT2D eigenvalue weighted by atomic mass is 16.2. The Bertz CT molecular complexity index is 891. The van der Waals surface area contributed by atoms with E-state index < -0.39 is 0 Å². The number of nitrogens with zero attached hydrogens (tertiary/aromatic N) is 3. The number of amides is 1. The lowest BCUT2D eigenvalue weighted by atomic mass is 9.95. The first-order valence-corrected chi connectivity index (χ1v) is 9.77. The van der Waals surface area contributed by atoms with Crippen molar-refractivity contribution in [3.63, 3.8) is 0 Å². The Balaban J connectivity index is 1.50. The first-order valence-electron chi connectivity index (χ1n) is 9.77. The molecule has 0 spiro atoms. The van der Waals surface area contributed by atoms with Crippen LogP contribution in [-0.4, -0.2) is 71.9 Å². The van der Waals surface area contributed by atoms with Crippen molar-refractivity contribution in [3.05, 3.63) is 46.2 Å². The smallest absolute Gasteiger partial charge is 0.236 e. The molecule has 2 atom stereocenters. The standard InChI is InChI=1S/C21H28N4O2/c1-23(2)21(27)14-24-10-15-7-8-17(13-24)25(11-15)12-16-9-20(26)18-5-3-4-6-19(18)22-16/h3-6,9,15,17H,7-8,10-14H2,1-2H3,(H,22,26)/t15-,17+/m1/s1. The number of H-pyrrole nitrogens is 1. The van der Waals surface area contributed by atoms with Gasteiger partial charge in [-0.2, -0.15) is 0 Å². The number of aromatic nitrogens is 1. The van der Waals surface area contributed by atoms with Crippen molar-refractivity contribution in [2.24, 2.45) is 5.92 Å². The molecule has 0 aliphatic carbocycles. The topological polar surface area (TPSA) is 59.7 Å². The van der Waals surface area contributed by atoms with Crippen LogP contribution in [-0.2, 0) is 11.3 Å². The SMILES string of the molecule is CN(C)C(=O)CN1C[C@H]2CC[C@@H](C1)N(Cc1cc(=O)c3ccccc3[nH]1)C2. The van der Waals surface area contributed by atoms with Gasteiger partial charge < -0.3 is 9.88 Å². The van der Waals surface area contributed by atoms with E-state index in [2.05, 4.69) is 14.8 Å². The van der Waals surface area contributed by atoms with E-state index in [0.717, 1.165) is 49.2 Å². The van der Waals surface area contributed by atoms with Crippen molar-refractivity contribution in [2.45, 2.75) is 25.4 Å². The van der Waals surface area contributed by atoms with Crippen LogP contribution in [0.25, 0.3) is 10.9 Å². The van der Waals surface area contributed by atoms with Crippen molar-refractivity contribution < 1.29 is 4.79 Å². The van der Waals surface area contributed by atoms with Crippen molar-refractivity contribution in [1.82, 2.24) is 19.7 Å². The Morgan fingerprint density at radius 2 is 2.00 bits per heavy atom. The molecular formula is C21H28N4O2.